The smallest absolute Gasteiger partial charge is 0.407 e. The number of amides is 2. The van der Waals surface area contributed by atoms with E-state index in [1.54, 1.807) is 32.9 Å². The fourth-order valence-electron chi connectivity index (χ4n) is 4.84. The van der Waals surface area contributed by atoms with Gasteiger partial charge in [0.1, 0.15) is 18.1 Å². The molecule has 1 fully saturated rings. The molecule has 2 atom stereocenters. The van der Waals surface area contributed by atoms with Crippen molar-refractivity contribution in [2.45, 2.75) is 71.4 Å². The zero-order valence-corrected chi connectivity index (χ0v) is 27.1. The van der Waals surface area contributed by atoms with Crippen molar-refractivity contribution < 1.29 is 42.9 Å². The molecular formula is C30H40ClN5O9. The lowest BCUT2D eigenvalue weighted by molar-refractivity contribution is -0.152. The number of benzene rings is 1. The number of Topliss-reactive ketones (excluding diaryl/α,β-unsaturated/α-hetero) is 1. The van der Waals surface area contributed by atoms with E-state index in [-0.39, 0.29) is 24.9 Å². The normalized spacial score (nSPS) is 15.5. The minimum atomic E-state index is -1.76. The molecule has 2 aromatic rings. The highest BCUT2D eigenvalue weighted by Crippen LogP contribution is 2.32. The van der Waals surface area contributed by atoms with Crippen LogP contribution in [0.4, 0.5) is 10.6 Å². The SMILES string of the molecule is COCn1nc(C(=O)NC(C(=O)COC(C)=O)C(=O)OC)c(Cc2ccccc2Cl)c1N1CCC[C@@H](NC(=O)OC(C)(C)C)C1. The summed E-state index contributed by atoms with van der Waals surface area (Å²) in [6.45, 7) is 6.62. The molecule has 2 heterocycles. The summed E-state index contributed by atoms with van der Waals surface area (Å²) in [5, 5.41) is 10.3. The third kappa shape index (κ3) is 9.91. The van der Waals surface area contributed by atoms with Crippen molar-refractivity contribution >= 4 is 47.1 Å². The van der Waals surface area contributed by atoms with E-state index in [2.05, 4.69) is 15.7 Å². The molecule has 0 saturated carbocycles. The Morgan fingerprint density at radius 3 is 2.47 bits per heavy atom. The first kappa shape index (κ1) is 35.3. The summed E-state index contributed by atoms with van der Waals surface area (Å²) in [6.07, 6.45) is 1.03. The van der Waals surface area contributed by atoms with Crippen LogP contribution >= 0.6 is 11.6 Å². The summed E-state index contributed by atoms with van der Waals surface area (Å²) in [6, 6.07) is 5.09. The Morgan fingerprint density at radius 1 is 1.13 bits per heavy atom. The van der Waals surface area contributed by atoms with Gasteiger partial charge in [-0.3, -0.25) is 14.4 Å². The van der Waals surface area contributed by atoms with Crippen molar-refractivity contribution in [2.75, 3.05) is 38.8 Å². The van der Waals surface area contributed by atoms with Gasteiger partial charge in [-0.25, -0.2) is 14.3 Å². The Bertz CT molecular complexity index is 1400. The van der Waals surface area contributed by atoms with Gasteiger partial charge < -0.3 is 34.5 Å². The van der Waals surface area contributed by atoms with E-state index in [0.29, 0.717) is 47.9 Å². The van der Waals surface area contributed by atoms with Crippen molar-refractivity contribution in [3.8, 4) is 0 Å². The number of anilines is 1. The van der Waals surface area contributed by atoms with Gasteiger partial charge in [-0.1, -0.05) is 29.8 Å². The molecule has 1 aromatic heterocycles. The average Bonchev–Trinajstić information content (AvgIpc) is 3.32. The molecule has 0 bridgehead atoms. The highest BCUT2D eigenvalue weighted by atomic mass is 35.5. The van der Waals surface area contributed by atoms with Crippen LogP contribution in [0.5, 0.6) is 0 Å². The monoisotopic (exact) mass is 649 g/mol. The maximum atomic E-state index is 13.8. The van der Waals surface area contributed by atoms with E-state index >= 15 is 0 Å². The zero-order valence-electron chi connectivity index (χ0n) is 26.3. The number of hydrogen-bond acceptors (Lipinski definition) is 11. The summed E-state index contributed by atoms with van der Waals surface area (Å²) >= 11 is 6.52. The minimum absolute atomic E-state index is 0.0371. The summed E-state index contributed by atoms with van der Waals surface area (Å²) in [7, 11) is 2.54. The molecule has 1 aliphatic rings. The van der Waals surface area contributed by atoms with Gasteiger partial charge in [-0.05, 0) is 45.2 Å². The number of ketones is 1. The van der Waals surface area contributed by atoms with E-state index in [1.165, 1.54) is 11.8 Å². The molecular weight excluding hydrogens is 610 g/mol. The number of methoxy groups -OCH3 is 2. The molecule has 0 spiro atoms. The van der Waals surface area contributed by atoms with Crippen molar-refractivity contribution in [2.24, 2.45) is 0 Å². The number of halogens is 1. The third-order valence-electron chi connectivity index (χ3n) is 6.71. The van der Waals surface area contributed by atoms with Crippen LogP contribution in [0.3, 0.4) is 0 Å². The highest BCUT2D eigenvalue weighted by molar-refractivity contribution is 6.31. The first-order valence-corrected chi connectivity index (χ1v) is 14.7. The highest BCUT2D eigenvalue weighted by Gasteiger charge is 2.35. The fourth-order valence-corrected chi connectivity index (χ4v) is 5.04. The predicted molar refractivity (Wildman–Crippen MR) is 163 cm³/mol. The number of aromatic nitrogens is 2. The van der Waals surface area contributed by atoms with Crippen molar-refractivity contribution in [1.29, 1.82) is 0 Å². The molecule has 1 aromatic carbocycles. The number of alkyl carbamates (subject to hydrolysis) is 1. The van der Waals surface area contributed by atoms with Crippen molar-refractivity contribution in [1.82, 2.24) is 20.4 Å². The number of rotatable bonds is 12. The van der Waals surface area contributed by atoms with Gasteiger partial charge in [0.05, 0.1) is 7.11 Å². The lowest BCUT2D eigenvalue weighted by atomic mass is 10.0. The maximum Gasteiger partial charge on any atom is 0.407 e. The van der Waals surface area contributed by atoms with Gasteiger partial charge in [0.15, 0.2) is 18.3 Å². The van der Waals surface area contributed by atoms with Crippen LogP contribution in [-0.4, -0.2) is 91.1 Å². The maximum absolute atomic E-state index is 13.8. The first-order valence-electron chi connectivity index (χ1n) is 14.3. The van der Waals surface area contributed by atoms with Crippen LogP contribution in [-0.2, 0) is 46.5 Å². The van der Waals surface area contributed by atoms with Crippen LogP contribution in [0.25, 0.3) is 0 Å². The molecule has 1 aliphatic heterocycles. The Morgan fingerprint density at radius 2 is 1.84 bits per heavy atom. The first-order chi connectivity index (χ1) is 21.2. The van der Waals surface area contributed by atoms with Crippen LogP contribution < -0.4 is 15.5 Å². The standard InChI is InChI=1S/C30H40ClN5O9/c1-18(37)44-16-23(38)25(28(40)43-6)33-26(39)24-21(14-19-10-7-8-12-22(19)31)27(36(34-24)17-42-5)35-13-9-11-20(15-35)32-29(41)45-30(2,3)4/h7-8,10,12,20,25H,9,11,13-17H2,1-6H3,(H,32,41)(H,33,39)/t20-,25?/m1/s1. The van der Waals surface area contributed by atoms with Gasteiger partial charge in [-0.2, -0.15) is 5.10 Å². The number of carbonyl (C=O) groups excluding carboxylic acids is 5. The third-order valence-corrected chi connectivity index (χ3v) is 7.07. The molecule has 0 aliphatic carbocycles. The van der Waals surface area contributed by atoms with Gasteiger partial charge in [0.2, 0.25) is 5.78 Å². The van der Waals surface area contributed by atoms with E-state index in [9.17, 15) is 24.0 Å². The Kier molecular flexibility index (Phi) is 12.3. The molecule has 2 amide bonds. The molecule has 45 heavy (non-hydrogen) atoms. The molecule has 2 N–H and O–H groups in total. The van der Waals surface area contributed by atoms with Crippen molar-refractivity contribution in [3.05, 3.63) is 46.1 Å². The molecule has 1 unspecified atom stereocenters. The summed E-state index contributed by atoms with van der Waals surface area (Å²) in [5.74, 6) is -2.97. The van der Waals surface area contributed by atoms with E-state index in [1.807, 2.05) is 17.0 Å². The quantitative estimate of drug-likeness (QED) is 0.197. The number of ether oxygens (including phenoxy) is 4. The van der Waals surface area contributed by atoms with Crippen molar-refractivity contribution in [3.63, 3.8) is 0 Å². The van der Waals surface area contributed by atoms with Crippen LogP contribution in [0.1, 0.15) is 62.2 Å². The fraction of sp³-hybridized carbons (Fsp3) is 0.533. The number of nitrogens with zero attached hydrogens (tertiary/aromatic N) is 3. The number of nitrogens with one attached hydrogen (secondary N) is 2. The lowest BCUT2D eigenvalue weighted by Crippen LogP contribution is -2.49. The van der Waals surface area contributed by atoms with E-state index in [0.717, 1.165) is 14.0 Å². The van der Waals surface area contributed by atoms with Gasteiger partial charge in [0.25, 0.3) is 5.91 Å². The number of carbonyl (C=O) groups is 5. The van der Waals surface area contributed by atoms with E-state index in [4.69, 9.17) is 30.5 Å². The van der Waals surface area contributed by atoms with E-state index < -0.39 is 48.0 Å². The largest absolute Gasteiger partial charge is 0.467 e. The number of piperidine rings is 1. The lowest BCUT2D eigenvalue weighted by Gasteiger charge is -2.35. The summed E-state index contributed by atoms with van der Waals surface area (Å²) in [5.41, 5.74) is 0.397. The zero-order chi connectivity index (χ0) is 33.3. The molecule has 14 nitrogen and oxygen atoms in total. The number of hydrogen-bond donors (Lipinski definition) is 2. The van der Waals surface area contributed by atoms with Crippen LogP contribution in [0, 0.1) is 0 Å². The minimum Gasteiger partial charge on any atom is -0.467 e. The molecule has 3 rings (SSSR count). The molecule has 1 saturated heterocycles. The Balaban J connectivity index is 2.04. The number of esters is 2. The Hall–Kier alpha value is -4.17. The van der Waals surface area contributed by atoms with Gasteiger partial charge >= 0.3 is 18.0 Å². The second-order valence-corrected chi connectivity index (χ2v) is 11.9. The molecule has 246 valence electrons. The summed E-state index contributed by atoms with van der Waals surface area (Å²) in [4.78, 5) is 64.8. The van der Waals surface area contributed by atoms with Gasteiger partial charge in [0, 0.05) is 50.2 Å². The predicted octanol–water partition coefficient (Wildman–Crippen LogP) is 2.63. The second kappa shape index (κ2) is 15.7. The second-order valence-electron chi connectivity index (χ2n) is 11.4. The molecule has 15 heteroatoms. The summed E-state index contributed by atoms with van der Waals surface area (Å²) < 4.78 is 21.8. The van der Waals surface area contributed by atoms with Crippen LogP contribution in [0.2, 0.25) is 5.02 Å². The Labute approximate surface area is 266 Å². The molecule has 0 radical (unpaired) electrons. The van der Waals surface area contributed by atoms with Crippen LogP contribution in [0.15, 0.2) is 24.3 Å². The average molecular weight is 650 g/mol. The van der Waals surface area contributed by atoms with Gasteiger partial charge in [-0.15, -0.1) is 0 Å². The topological polar surface area (TPSA) is 167 Å².